The summed E-state index contributed by atoms with van der Waals surface area (Å²) in [6.07, 6.45) is 4.88. The average Bonchev–Trinajstić information content (AvgIpc) is 3.09. The van der Waals surface area contributed by atoms with Crippen molar-refractivity contribution < 1.29 is 19.7 Å². The number of hydrogen-bond acceptors (Lipinski definition) is 6. The highest BCUT2D eigenvalue weighted by Crippen LogP contribution is 2.58. The van der Waals surface area contributed by atoms with Crippen LogP contribution in [0.25, 0.3) is 0 Å². The van der Waals surface area contributed by atoms with E-state index in [-0.39, 0.29) is 12.0 Å². The predicted molar refractivity (Wildman–Crippen MR) is 69.3 cm³/mol. The molecule has 0 saturated carbocycles. The van der Waals surface area contributed by atoms with Crippen molar-refractivity contribution in [1.82, 2.24) is 9.55 Å². The maximum absolute atomic E-state index is 11.9. The number of hydrogen-bond donors (Lipinski definition) is 3. The third-order valence-corrected chi connectivity index (χ3v) is 4.12. The van der Waals surface area contributed by atoms with Gasteiger partial charge in [0.25, 0.3) is 5.56 Å². The molecule has 0 amide bonds. The minimum Gasteiger partial charge on any atom is -0.393 e. The van der Waals surface area contributed by atoms with E-state index >= 15 is 0 Å². The molecule has 0 bridgehead atoms. The summed E-state index contributed by atoms with van der Waals surface area (Å²) in [4.78, 5) is 25.5. The molecular formula is C13H14N2O6. The van der Waals surface area contributed by atoms with Crippen LogP contribution in [0.4, 0.5) is 0 Å². The standard InChI is InChI=1S/C13H14N2O6/c1-3-7-5-15(11(18)14-9(7)17)10-8-13(19,20-8)12(4-2,6-16)21-10/h1,5,8,10,16,19H,4,6H2,2H3,(H,14,17,18)/t8?,10-,12-,13?/m1/s1. The highest BCUT2D eigenvalue weighted by Gasteiger charge is 2.78. The van der Waals surface area contributed by atoms with Crippen LogP contribution < -0.4 is 11.2 Å². The maximum atomic E-state index is 11.9. The number of nitrogens with zero attached hydrogens (tertiary/aromatic N) is 1. The van der Waals surface area contributed by atoms with Crippen molar-refractivity contribution in [1.29, 1.82) is 0 Å². The van der Waals surface area contributed by atoms with E-state index in [1.165, 1.54) is 6.20 Å². The van der Waals surface area contributed by atoms with Crippen molar-refractivity contribution in [3.8, 4) is 12.3 Å². The van der Waals surface area contributed by atoms with Gasteiger partial charge < -0.3 is 19.7 Å². The number of nitrogens with one attached hydrogen (secondary N) is 1. The SMILES string of the molecule is C#Cc1cn([C@@H]2O[C@](CC)(CO)C3(O)OC23)c(=O)[nH]c1=O. The number of terminal acetylenes is 1. The van der Waals surface area contributed by atoms with Gasteiger partial charge in [0, 0.05) is 6.20 Å². The fourth-order valence-corrected chi connectivity index (χ4v) is 2.73. The minimum absolute atomic E-state index is 0.0413. The summed E-state index contributed by atoms with van der Waals surface area (Å²) in [6, 6.07) is 0. The molecule has 8 nitrogen and oxygen atoms in total. The van der Waals surface area contributed by atoms with Gasteiger partial charge in [-0.25, -0.2) is 4.79 Å². The summed E-state index contributed by atoms with van der Waals surface area (Å²) in [5, 5.41) is 19.9. The van der Waals surface area contributed by atoms with Crippen molar-refractivity contribution in [2.24, 2.45) is 0 Å². The molecule has 2 aliphatic rings. The van der Waals surface area contributed by atoms with Crippen LogP contribution in [0.3, 0.4) is 0 Å². The molecule has 0 spiro atoms. The molecule has 1 aromatic rings. The van der Waals surface area contributed by atoms with Crippen molar-refractivity contribution in [2.45, 2.75) is 37.1 Å². The van der Waals surface area contributed by atoms with E-state index in [2.05, 4.69) is 10.9 Å². The number of H-pyrrole nitrogens is 1. The van der Waals surface area contributed by atoms with Gasteiger partial charge in [-0.3, -0.25) is 14.3 Å². The molecule has 3 heterocycles. The zero-order valence-corrected chi connectivity index (χ0v) is 11.2. The molecule has 2 saturated heterocycles. The van der Waals surface area contributed by atoms with Gasteiger partial charge in [-0.15, -0.1) is 6.42 Å². The number of aliphatic hydroxyl groups is 2. The van der Waals surface area contributed by atoms with Gasteiger partial charge in [-0.2, -0.15) is 0 Å². The third kappa shape index (κ3) is 1.66. The molecule has 2 unspecified atom stereocenters. The summed E-state index contributed by atoms with van der Waals surface area (Å²) in [5.41, 5.74) is -2.76. The lowest BCUT2D eigenvalue weighted by Gasteiger charge is -2.31. The first-order valence-electron chi connectivity index (χ1n) is 6.43. The smallest absolute Gasteiger partial charge is 0.330 e. The Kier molecular flexibility index (Phi) is 2.86. The van der Waals surface area contributed by atoms with Crippen LogP contribution in [-0.2, 0) is 9.47 Å². The Morgan fingerprint density at radius 1 is 1.52 bits per heavy atom. The van der Waals surface area contributed by atoms with E-state index in [4.69, 9.17) is 15.9 Å². The molecule has 2 aliphatic heterocycles. The van der Waals surface area contributed by atoms with Gasteiger partial charge in [0.05, 0.1) is 6.61 Å². The number of aromatic amines is 1. The van der Waals surface area contributed by atoms with E-state index in [0.29, 0.717) is 0 Å². The maximum Gasteiger partial charge on any atom is 0.330 e. The quantitative estimate of drug-likeness (QED) is 0.451. The second-order valence-corrected chi connectivity index (χ2v) is 5.10. The van der Waals surface area contributed by atoms with Crippen LogP contribution in [0.2, 0.25) is 0 Å². The molecule has 4 atom stereocenters. The molecule has 21 heavy (non-hydrogen) atoms. The van der Waals surface area contributed by atoms with Crippen molar-refractivity contribution in [3.05, 3.63) is 32.6 Å². The Balaban J connectivity index is 2.07. The van der Waals surface area contributed by atoms with Gasteiger partial charge in [-0.1, -0.05) is 12.8 Å². The third-order valence-electron chi connectivity index (χ3n) is 4.12. The summed E-state index contributed by atoms with van der Waals surface area (Å²) < 4.78 is 12.0. The molecular weight excluding hydrogens is 280 g/mol. The summed E-state index contributed by atoms with van der Waals surface area (Å²) >= 11 is 0. The van der Waals surface area contributed by atoms with Crippen LogP contribution in [0, 0.1) is 12.3 Å². The molecule has 2 fully saturated rings. The van der Waals surface area contributed by atoms with E-state index < -0.39 is 41.6 Å². The first-order chi connectivity index (χ1) is 9.92. The average molecular weight is 294 g/mol. The Morgan fingerprint density at radius 2 is 2.24 bits per heavy atom. The highest BCUT2D eigenvalue weighted by molar-refractivity contribution is 5.27. The number of rotatable bonds is 3. The molecule has 0 radical (unpaired) electrons. The largest absolute Gasteiger partial charge is 0.393 e. The Labute approximate surface area is 118 Å². The van der Waals surface area contributed by atoms with Crippen LogP contribution in [0.1, 0.15) is 25.1 Å². The van der Waals surface area contributed by atoms with E-state index in [1.807, 2.05) is 0 Å². The number of epoxide rings is 1. The number of aromatic nitrogens is 2. The fraction of sp³-hybridized carbons (Fsp3) is 0.538. The first-order valence-corrected chi connectivity index (χ1v) is 6.43. The van der Waals surface area contributed by atoms with Crippen LogP contribution in [0.5, 0.6) is 0 Å². The van der Waals surface area contributed by atoms with Gasteiger partial charge in [-0.05, 0) is 6.42 Å². The zero-order chi connectivity index (χ0) is 15.4. The normalized spacial score (nSPS) is 37.0. The molecule has 0 aliphatic carbocycles. The van der Waals surface area contributed by atoms with Gasteiger partial charge >= 0.3 is 5.69 Å². The Hall–Kier alpha value is -1.92. The van der Waals surface area contributed by atoms with E-state index in [1.54, 1.807) is 6.92 Å². The molecule has 3 N–H and O–H groups in total. The van der Waals surface area contributed by atoms with Crippen LogP contribution in [0.15, 0.2) is 15.8 Å². The number of aliphatic hydroxyl groups excluding tert-OH is 1. The molecule has 3 rings (SSSR count). The Morgan fingerprint density at radius 3 is 2.76 bits per heavy atom. The lowest BCUT2D eigenvalue weighted by atomic mass is 9.94. The summed E-state index contributed by atoms with van der Waals surface area (Å²) in [5.74, 6) is 0.515. The van der Waals surface area contributed by atoms with Gasteiger partial charge in [0.1, 0.15) is 11.2 Å². The number of fused-ring (bicyclic) bond motifs is 1. The second-order valence-electron chi connectivity index (χ2n) is 5.10. The molecule has 1 aromatic heterocycles. The zero-order valence-electron chi connectivity index (χ0n) is 11.2. The predicted octanol–water partition coefficient (Wildman–Crippen LogP) is -1.72. The molecule has 112 valence electrons. The van der Waals surface area contributed by atoms with Crippen molar-refractivity contribution in [2.75, 3.05) is 6.61 Å². The van der Waals surface area contributed by atoms with E-state index in [0.717, 1.165) is 4.57 Å². The van der Waals surface area contributed by atoms with E-state index in [9.17, 15) is 19.8 Å². The highest BCUT2D eigenvalue weighted by atomic mass is 16.8. The van der Waals surface area contributed by atoms with Crippen LogP contribution >= 0.6 is 0 Å². The molecule has 0 aromatic carbocycles. The summed E-state index contributed by atoms with van der Waals surface area (Å²) in [7, 11) is 0. The topological polar surface area (TPSA) is 117 Å². The summed E-state index contributed by atoms with van der Waals surface area (Å²) in [6.45, 7) is 1.25. The van der Waals surface area contributed by atoms with Crippen molar-refractivity contribution >= 4 is 0 Å². The number of ether oxygens (including phenoxy) is 2. The lowest BCUT2D eigenvalue weighted by Crippen LogP contribution is -2.48. The van der Waals surface area contributed by atoms with Gasteiger partial charge in [0.15, 0.2) is 12.3 Å². The monoisotopic (exact) mass is 294 g/mol. The Bertz CT molecular complexity index is 740. The minimum atomic E-state index is -1.65. The first kappa shape index (κ1) is 14.0. The van der Waals surface area contributed by atoms with Crippen molar-refractivity contribution in [3.63, 3.8) is 0 Å². The molecule has 8 heteroatoms. The lowest BCUT2D eigenvalue weighted by molar-refractivity contribution is -0.219. The van der Waals surface area contributed by atoms with Gasteiger partial charge in [0.2, 0.25) is 5.79 Å². The fourth-order valence-electron chi connectivity index (χ4n) is 2.73. The second kappa shape index (κ2) is 4.29. The van der Waals surface area contributed by atoms with Crippen LogP contribution in [-0.4, -0.2) is 43.9 Å².